The van der Waals surface area contributed by atoms with Crippen LogP contribution in [-0.2, 0) is 16.0 Å². The summed E-state index contributed by atoms with van der Waals surface area (Å²) < 4.78 is 57.6. The van der Waals surface area contributed by atoms with E-state index in [1.54, 1.807) is 13.0 Å². The normalized spacial score (nSPS) is 24.3. The van der Waals surface area contributed by atoms with E-state index >= 15 is 4.39 Å². The van der Waals surface area contributed by atoms with Crippen molar-refractivity contribution in [2.75, 3.05) is 44.8 Å². The Bertz CT molecular complexity index is 1920. The van der Waals surface area contributed by atoms with Crippen LogP contribution in [0, 0.1) is 17.0 Å². The van der Waals surface area contributed by atoms with Crippen LogP contribution in [0.25, 0.3) is 32.9 Å². The number of nitrogens with zero attached hydrogens (tertiary/aromatic N) is 5. The topological polar surface area (TPSA) is 101 Å². The van der Waals surface area contributed by atoms with Crippen molar-refractivity contribution in [1.82, 2.24) is 19.9 Å². The highest BCUT2D eigenvalue weighted by molar-refractivity contribution is 6.02. The van der Waals surface area contributed by atoms with Gasteiger partial charge in [0.25, 0.3) is 0 Å². The molecule has 3 fully saturated rings. The number of hydrogen-bond donors (Lipinski definition) is 1. The first kappa shape index (κ1) is 31.2. The molecule has 3 saturated heterocycles. The number of aryl methyl sites for hydroxylation is 1. The van der Waals surface area contributed by atoms with E-state index < -0.39 is 34.7 Å². The summed E-state index contributed by atoms with van der Waals surface area (Å²) >= 11 is 0. The van der Waals surface area contributed by atoms with Crippen LogP contribution in [0.3, 0.4) is 0 Å². The molecule has 12 heteroatoms. The first-order valence-electron chi connectivity index (χ1n) is 15.9. The highest BCUT2D eigenvalue weighted by atomic mass is 19.1. The molecule has 47 heavy (non-hydrogen) atoms. The van der Waals surface area contributed by atoms with Gasteiger partial charge in [-0.05, 0) is 66.8 Å². The van der Waals surface area contributed by atoms with E-state index in [9.17, 15) is 18.7 Å². The fourth-order valence-corrected chi connectivity index (χ4v) is 7.83. The molecule has 0 amide bonds. The van der Waals surface area contributed by atoms with Gasteiger partial charge >= 0.3 is 12.0 Å². The van der Waals surface area contributed by atoms with Gasteiger partial charge in [0.2, 0.25) is 0 Å². The maximum atomic E-state index is 16.9. The van der Waals surface area contributed by atoms with Gasteiger partial charge in [0, 0.05) is 37.8 Å². The number of aromatic nitrogens is 3. The van der Waals surface area contributed by atoms with Crippen molar-refractivity contribution >= 4 is 33.5 Å². The van der Waals surface area contributed by atoms with Crippen LogP contribution in [0.2, 0.25) is 0 Å². The van der Waals surface area contributed by atoms with Gasteiger partial charge in [0.15, 0.2) is 5.82 Å². The number of carbonyl (C=O) groups excluding carboxylic acids is 1. The second-order valence-electron chi connectivity index (χ2n) is 12.9. The van der Waals surface area contributed by atoms with Crippen molar-refractivity contribution in [3.05, 3.63) is 60.3 Å². The fraction of sp³-hybridized carbons (Fsp3) is 0.429. The number of aromatic hydroxyl groups is 1. The van der Waals surface area contributed by atoms with Gasteiger partial charge in [-0.1, -0.05) is 19.1 Å². The molecule has 2 aromatic carbocycles. The third-order valence-electron chi connectivity index (χ3n) is 10.2. The number of hydrogen-bond acceptors (Lipinski definition) is 9. The monoisotopic (exact) mass is 647 g/mol. The molecule has 3 aliphatic rings. The Kier molecular flexibility index (Phi) is 7.73. The third kappa shape index (κ3) is 5.04. The zero-order chi connectivity index (χ0) is 33.1. The van der Waals surface area contributed by atoms with Crippen LogP contribution >= 0.6 is 0 Å². The quantitative estimate of drug-likeness (QED) is 0.185. The number of fused-ring (bicyclic) bond motifs is 3. The number of pyridine rings is 1. The lowest BCUT2D eigenvalue weighted by Gasteiger charge is -2.31. The molecule has 1 unspecified atom stereocenters. The van der Waals surface area contributed by atoms with Crippen molar-refractivity contribution in [1.29, 1.82) is 0 Å². The molecule has 7 rings (SSSR count). The SMILES string of the molecule is C=CC1(C(=O)OC)CCN(c2nc(OC[C@@]34CCCN3C[C@H](F)C4)nc3c(F)c(-c4cc(O)cc5ccc(F)c(CC)c45)ncc23)C1. The maximum absolute atomic E-state index is 16.9. The van der Waals surface area contributed by atoms with E-state index in [0.717, 1.165) is 19.4 Å². The molecule has 0 saturated carbocycles. The Morgan fingerprint density at radius 2 is 2.04 bits per heavy atom. The standard InChI is InChI=1S/C35H36F3N5O4/c1-4-23-26(37)8-7-20-13-22(44)14-24(27(20)23)29-28(38)30-25(16-39-29)31(42-12-10-34(5-2,18-42)32(45)46-3)41-33(40-30)47-19-35-9-6-11-43(35)17-21(36)15-35/h5,7-8,13-14,16,21,44H,2,4,6,9-12,15,17-19H2,1,3H3/t21-,34?,35+/m1/s1. The van der Waals surface area contributed by atoms with Crippen LogP contribution < -0.4 is 9.64 Å². The molecule has 246 valence electrons. The van der Waals surface area contributed by atoms with Crippen LogP contribution in [0.1, 0.15) is 38.2 Å². The Hall–Kier alpha value is -4.45. The zero-order valence-electron chi connectivity index (χ0n) is 26.4. The Labute approximate surface area is 270 Å². The number of carbonyl (C=O) groups is 1. The molecule has 9 nitrogen and oxygen atoms in total. The summed E-state index contributed by atoms with van der Waals surface area (Å²) in [6, 6.07) is 5.64. The third-order valence-corrected chi connectivity index (χ3v) is 10.2. The Morgan fingerprint density at radius 1 is 1.21 bits per heavy atom. The number of alkyl halides is 1. The molecule has 4 aromatic rings. The van der Waals surface area contributed by atoms with Crippen molar-refractivity contribution < 1.29 is 32.5 Å². The maximum Gasteiger partial charge on any atom is 0.319 e. The zero-order valence-corrected chi connectivity index (χ0v) is 26.4. The van der Waals surface area contributed by atoms with E-state index in [1.165, 1.54) is 37.6 Å². The number of phenols is 1. The molecule has 3 aliphatic heterocycles. The second kappa shape index (κ2) is 11.7. The number of methoxy groups -OCH3 is 1. The largest absolute Gasteiger partial charge is 0.508 e. The molecule has 0 radical (unpaired) electrons. The van der Waals surface area contributed by atoms with Gasteiger partial charge in [0.05, 0.1) is 18.0 Å². The molecule has 2 aromatic heterocycles. The highest BCUT2D eigenvalue weighted by Gasteiger charge is 2.49. The molecule has 0 bridgehead atoms. The van der Waals surface area contributed by atoms with Crippen molar-refractivity contribution in [2.45, 2.75) is 50.7 Å². The smallest absolute Gasteiger partial charge is 0.319 e. The van der Waals surface area contributed by atoms with E-state index in [2.05, 4.69) is 21.4 Å². The average molecular weight is 648 g/mol. The Balaban J connectivity index is 1.38. The molecule has 0 aliphatic carbocycles. The van der Waals surface area contributed by atoms with Crippen LogP contribution in [0.4, 0.5) is 19.0 Å². The minimum Gasteiger partial charge on any atom is -0.508 e. The summed E-state index contributed by atoms with van der Waals surface area (Å²) in [6.45, 7) is 7.49. The number of anilines is 1. The lowest BCUT2D eigenvalue weighted by molar-refractivity contribution is -0.148. The fourth-order valence-electron chi connectivity index (χ4n) is 7.83. The molecule has 3 atom stereocenters. The lowest BCUT2D eigenvalue weighted by atomic mass is 9.87. The van der Waals surface area contributed by atoms with Gasteiger partial charge in [-0.25, -0.2) is 13.2 Å². The summed E-state index contributed by atoms with van der Waals surface area (Å²) in [5.41, 5.74) is -1.11. The second-order valence-corrected chi connectivity index (χ2v) is 12.9. The average Bonchev–Trinajstić information content (AvgIpc) is 3.76. The predicted molar refractivity (Wildman–Crippen MR) is 171 cm³/mol. The van der Waals surface area contributed by atoms with E-state index in [1.807, 2.05) is 4.90 Å². The van der Waals surface area contributed by atoms with Gasteiger partial charge in [-0.2, -0.15) is 9.97 Å². The van der Waals surface area contributed by atoms with E-state index in [-0.39, 0.29) is 47.1 Å². The summed E-state index contributed by atoms with van der Waals surface area (Å²) in [5, 5.41) is 11.8. The predicted octanol–water partition coefficient (Wildman–Crippen LogP) is 5.90. The number of benzene rings is 2. The first-order valence-corrected chi connectivity index (χ1v) is 15.9. The van der Waals surface area contributed by atoms with Gasteiger partial charge in [-0.15, -0.1) is 6.58 Å². The van der Waals surface area contributed by atoms with E-state index in [0.29, 0.717) is 54.5 Å². The summed E-state index contributed by atoms with van der Waals surface area (Å²) in [4.78, 5) is 30.4. The van der Waals surface area contributed by atoms with Crippen molar-refractivity contribution in [2.24, 2.45) is 5.41 Å². The summed E-state index contributed by atoms with van der Waals surface area (Å²) in [5.74, 6) is -1.50. The minimum absolute atomic E-state index is 0.0920. The highest BCUT2D eigenvalue weighted by Crippen LogP contribution is 2.43. The number of rotatable bonds is 8. The van der Waals surface area contributed by atoms with Crippen LogP contribution in [0.5, 0.6) is 11.8 Å². The first-order chi connectivity index (χ1) is 22.6. The molecule has 1 N–H and O–H groups in total. The molecule has 5 heterocycles. The number of halogens is 3. The lowest BCUT2D eigenvalue weighted by Crippen LogP contribution is -2.43. The number of esters is 1. The van der Waals surface area contributed by atoms with Gasteiger partial charge in [-0.3, -0.25) is 14.7 Å². The molecule has 0 spiro atoms. The minimum atomic E-state index is -0.997. The van der Waals surface area contributed by atoms with Crippen LogP contribution in [0.15, 0.2) is 43.1 Å². The number of phenolic OH excluding ortho intramolecular Hbond substituents is 1. The summed E-state index contributed by atoms with van der Waals surface area (Å²) in [6.07, 6.45) is 4.81. The Morgan fingerprint density at radius 3 is 2.81 bits per heavy atom. The van der Waals surface area contributed by atoms with Crippen LogP contribution in [-0.4, -0.2) is 82.5 Å². The molecular formula is C35H36F3N5O4. The number of ether oxygens (including phenoxy) is 2. The van der Waals surface area contributed by atoms with Crippen molar-refractivity contribution in [3.63, 3.8) is 0 Å². The van der Waals surface area contributed by atoms with E-state index in [4.69, 9.17) is 14.5 Å². The van der Waals surface area contributed by atoms with Gasteiger partial charge in [0.1, 0.15) is 46.8 Å². The summed E-state index contributed by atoms with van der Waals surface area (Å²) in [7, 11) is 1.32. The van der Waals surface area contributed by atoms with Gasteiger partial charge < -0.3 is 19.5 Å². The van der Waals surface area contributed by atoms with Crippen molar-refractivity contribution in [3.8, 4) is 23.0 Å². The molecular weight excluding hydrogens is 611 g/mol.